The summed E-state index contributed by atoms with van der Waals surface area (Å²) in [6.45, 7) is 0. The molecule has 0 aliphatic heterocycles. The molecule has 7 nitrogen and oxygen atoms in total. The van der Waals surface area contributed by atoms with Gasteiger partial charge in [0.05, 0.1) is 30.0 Å². The molecule has 1 heterocycles. The zero-order chi connectivity index (χ0) is 20.1. The van der Waals surface area contributed by atoms with E-state index in [0.29, 0.717) is 38.2 Å². The second-order valence-corrected chi connectivity index (χ2v) is 7.29. The van der Waals surface area contributed by atoms with E-state index >= 15 is 0 Å². The lowest BCUT2D eigenvalue weighted by Gasteiger charge is -2.06. The molecular formula is C18H16Cl2N4O3S. The fourth-order valence-electron chi connectivity index (χ4n) is 2.29. The van der Waals surface area contributed by atoms with Crippen LogP contribution in [0.2, 0.25) is 10.0 Å². The Morgan fingerprint density at radius 2 is 1.82 bits per heavy atom. The largest absolute Gasteiger partial charge is 0.497 e. The first-order valence-electron chi connectivity index (χ1n) is 8.02. The summed E-state index contributed by atoms with van der Waals surface area (Å²) >= 11 is 13.0. The average molecular weight is 439 g/mol. The van der Waals surface area contributed by atoms with Crippen molar-refractivity contribution in [1.82, 2.24) is 15.2 Å². The van der Waals surface area contributed by atoms with Crippen LogP contribution in [0.25, 0.3) is 11.4 Å². The summed E-state index contributed by atoms with van der Waals surface area (Å²) in [5.74, 6) is 1.75. The zero-order valence-electron chi connectivity index (χ0n) is 15.0. The van der Waals surface area contributed by atoms with Crippen LogP contribution < -0.4 is 14.8 Å². The summed E-state index contributed by atoms with van der Waals surface area (Å²) < 4.78 is 10.5. The van der Waals surface area contributed by atoms with E-state index < -0.39 is 0 Å². The maximum Gasteiger partial charge on any atom is 0.234 e. The first-order chi connectivity index (χ1) is 13.5. The number of halogens is 2. The minimum absolute atomic E-state index is 0.138. The number of ether oxygens (including phenoxy) is 2. The second-order valence-electron chi connectivity index (χ2n) is 5.53. The molecule has 1 aromatic heterocycles. The van der Waals surface area contributed by atoms with E-state index in [4.69, 9.17) is 32.7 Å². The van der Waals surface area contributed by atoms with Gasteiger partial charge in [0, 0.05) is 17.3 Å². The third-order valence-electron chi connectivity index (χ3n) is 3.63. The number of aromatic amines is 1. The van der Waals surface area contributed by atoms with Crippen molar-refractivity contribution in [3.8, 4) is 22.9 Å². The highest BCUT2D eigenvalue weighted by Crippen LogP contribution is 2.29. The number of amides is 1. The van der Waals surface area contributed by atoms with Crippen molar-refractivity contribution in [3.05, 3.63) is 46.4 Å². The van der Waals surface area contributed by atoms with Gasteiger partial charge in [-0.05, 0) is 30.3 Å². The minimum Gasteiger partial charge on any atom is -0.497 e. The van der Waals surface area contributed by atoms with Gasteiger partial charge in [0.2, 0.25) is 11.1 Å². The fraction of sp³-hybridized carbons (Fsp3) is 0.167. The van der Waals surface area contributed by atoms with Crippen molar-refractivity contribution in [2.24, 2.45) is 0 Å². The Bertz CT molecular complexity index is 974. The van der Waals surface area contributed by atoms with Gasteiger partial charge in [-0.15, -0.1) is 5.10 Å². The molecule has 0 aliphatic carbocycles. The molecule has 0 bridgehead atoms. The molecule has 2 aromatic carbocycles. The van der Waals surface area contributed by atoms with E-state index in [1.165, 1.54) is 11.8 Å². The molecule has 2 N–H and O–H groups in total. The standard InChI is InChI=1S/C18H16Cl2N4O3S/c1-26-12-5-10(6-13(8-12)27-2)17-22-18(24-23-17)28-9-16(25)21-11-3-4-14(19)15(20)7-11/h3-8H,9H2,1-2H3,(H,21,25)(H,22,23,24). The first kappa shape index (κ1) is 20.3. The quantitative estimate of drug-likeness (QED) is 0.526. The molecular weight excluding hydrogens is 423 g/mol. The lowest BCUT2D eigenvalue weighted by molar-refractivity contribution is -0.113. The SMILES string of the molecule is COc1cc(OC)cc(-c2nc(SCC(=O)Nc3ccc(Cl)c(Cl)c3)n[nH]2)c1. The summed E-state index contributed by atoms with van der Waals surface area (Å²) in [4.78, 5) is 16.5. The third-order valence-corrected chi connectivity index (χ3v) is 5.21. The summed E-state index contributed by atoms with van der Waals surface area (Å²) in [6.07, 6.45) is 0. The Kier molecular flexibility index (Phi) is 6.66. The van der Waals surface area contributed by atoms with E-state index in [2.05, 4.69) is 20.5 Å². The Morgan fingerprint density at radius 3 is 2.46 bits per heavy atom. The molecule has 0 saturated heterocycles. The van der Waals surface area contributed by atoms with Gasteiger partial charge in [0.15, 0.2) is 5.82 Å². The van der Waals surface area contributed by atoms with Gasteiger partial charge in [-0.25, -0.2) is 4.98 Å². The van der Waals surface area contributed by atoms with Crippen molar-refractivity contribution in [2.75, 3.05) is 25.3 Å². The predicted octanol–water partition coefficient (Wildman–Crippen LogP) is 4.53. The number of nitrogens with one attached hydrogen (secondary N) is 2. The number of H-pyrrole nitrogens is 1. The molecule has 0 aliphatic rings. The predicted molar refractivity (Wildman–Crippen MR) is 111 cm³/mol. The molecule has 0 spiro atoms. The van der Waals surface area contributed by atoms with Crippen LogP contribution in [0.3, 0.4) is 0 Å². The number of rotatable bonds is 7. The van der Waals surface area contributed by atoms with Gasteiger partial charge in [-0.2, -0.15) is 0 Å². The topological polar surface area (TPSA) is 89.1 Å². The molecule has 28 heavy (non-hydrogen) atoms. The second kappa shape index (κ2) is 9.18. The van der Waals surface area contributed by atoms with Crippen molar-refractivity contribution in [3.63, 3.8) is 0 Å². The summed E-state index contributed by atoms with van der Waals surface area (Å²) in [5, 5.41) is 11.0. The van der Waals surface area contributed by atoms with Gasteiger partial charge in [0.1, 0.15) is 11.5 Å². The van der Waals surface area contributed by atoms with Crippen LogP contribution in [0.1, 0.15) is 0 Å². The molecule has 3 rings (SSSR count). The average Bonchev–Trinajstić information content (AvgIpc) is 3.18. The highest BCUT2D eigenvalue weighted by atomic mass is 35.5. The summed E-state index contributed by atoms with van der Waals surface area (Å²) in [5.41, 5.74) is 1.33. The molecule has 0 radical (unpaired) electrons. The molecule has 0 atom stereocenters. The molecule has 0 fully saturated rings. The van der Waals surface area contributed by atoms with Gasteiger partial charge >= 0.3 is 0 Å². The lowest BCUT2D eigenvalue weighted by atomic mass is 10.2. The van der Waals surface area contributed by atoms with Gasteiger partial charge in [0.25, 0.3) is 0 Å². The number of carbonyl (C=O) groups is 1. The minimum atomic E-state index is -0.210. The number of nitrogens with zero attached hydrogens (tertiary/aromatic N) is 2. The van der Waals surface area contributed by atoms with Crippen LogP contribution in [0, 0.1) is 0 Å². The smallest absolute Gasteiger partial charge is 0.234 e. The Labute approximate surface area is 175 Å². The fourth-order valence-corrected chi connectivity index (χ4v) is 3.18. The number of carbonyl (C=O) groups excluding carboxylic acids is 1. The number of benzene rings is 2. The van der Waals surface area contributed by atoms with E-state index in [9.17, 15) is 4.79 Å². The maximum atomic E-state index is 12.1. The maximum absolute atomic E-state index is 12.1. The number of methoxy groups -OCH3 is 2. The molecule has 0 saturated carbocycles. The van der Waals surface area contributed by atoms with Crippen molar-refractivity contribution in [2.45, 2.75) is 5.16 Å². The van der Waals surface area contributed by atoms with E-state index in [0.717, 1.165) is 5.56 Å². The van der Waals surface area contributed by atoms with Crippen LogP contribution >= 0.6 is 35.0 Å². The first-order valence-corrected chi connectivity index (χ1v) is 9.76. The van der Waals surface area contributed by atoms with Crippen molar-refractivity contribution >= 4 is 46.6 Å². The van der Waals surface area contributed by atoms with Crippen LogP contribution in [-0.2, 0) is 4.79 Å². The molecule has 146 valence electrons. The summed E-state index contributed by atoms with van der Waals surface area (Å²) in [7, 11) is 3.15. The van der Waals surface area contributed by atoms with E-state index in [-0.39, 0.29) is 11.7 Å². The number of aromatic nitrogens is 3. The molecule has 10 heteroatoms. The van der Waals surface area contributed by atoms with Gasteiger partial charge < -0.3 is 14.8 Å². The van der Waals surface area contributed by atoms with Crippen molar-refractivity contribution < 1.29 is 14.3 Å². The number of anilines is 1. The van der Waals surface area contributed by atoms with Gasteiger partial charge in [-0.1, -0.05) is 35.0 Å². The van der Waals surface area contributed by atoms with Crippen LogP contribution in [0.15, 0.2) is 41.6 Å². The highest BCUT2D eigenvalue weighted by molar-refractivity contribution is 7.99. The van der Waals surface area contributed by atoms with Crippen LogP contribution in [0.5, 0.6) is 11.5 Å². The van der Waals surface area contributed by atoms with Crippen LogP contribution in [-0.4, -0.2) is 41.1 Å². The Balaban J connectivity index is 1.63. The number of thioether (sulfide) groups is 1. The number of hydrogen-bond donors (Lipinski definition) is 2. The van der Waals surface area contributed by atoms with Crippen LogP contribution in [0.4, 0.5) is 5.69 Å². The lowest BCUT2D eigenvalue weighted by Crippen LogP contribution is -2.14. The Morgan fingerprint density at radius 1 is 1.11 bits per heavy atom. The van der Waals surface area contributed by atoms with Crippen molar-refractivity contribution in [1.29, 1.82) is 0 Å². The van der Waals surface area contributed by atoms with E-state index in [1.54, 1.807) is 38.5 Å². The Hall–Kier alpha value is -2.42. The van der Waals surface area contributed by atoms with Gasteiger partial charge in [-0.3, -0.25) is 9.89 Å². The molecule has 0 unspecified atom stereocenters. The normalized spacial score (nSPS) is 10.6. The molecule has 3 aromatic rings. The zero-order valence-corrected chi connectivity index (χ0v) is 17.3. The third kappa shape index (κ3) is 5.09. The highest BCUT2D eigenvalue weighted by Gasteiger charge is 2.12. The molecule has 1 amide bonds. The summed E-state index contributed by atoms with van der Waals surface area (Å²) in [6, 6.07) is 10.3. The number of hydrogen-bond acceptors (Lipinski definition) is 6. The van der Waals surface area contributed by atoms with E-state index in [1.807, 2.05) is 12.1 Å². The monoisotopic (exact) mass is 438 g/mol.